The summed E-state index contributed by atoms with van der Waals surface area (Å²) in [7, 11) is 1.21. The van der Waals surface area contributed by atoms with Crippen molar-refractivity contribution in [1.82, 2.24) is 10.4 Å². The summed E-state index contributed by atoms with van der Waals surface area (Å²) in [5.41, 5.74) is -1.32. The first-order valence-corrected chi connectivity index (χ1v) is 8.86. The number of Topliss-reactive ketones (excluding diaryl/α,β-unsaturated/α-hetero) is 1. The Balaban J connectivity index is 2.05. The monoisotopic (exact) mass is 449 g/mol. The Morgan fingerprint density at radius 2 is 1.86 bits per heavy atom. The minimum Gasteiger partial charge on any atom is -0.323 e. The molecule has 1 atom stereocenters. The van der Waals surface area contributed by atoms with Gasteiger partial charge in [-0.15, -0.1) is 0 Å². The van der Waals surface area contributed by atoms with Crippen LogP contribution in [0.4, 0.5) is 23.2 Å². The number of nitrogens with one attached hydrogen (secondary N) is 2. The van der Waals surface area contributed by atoms with Crippen LogP contribution in [0.5, 0.6) is 0 Å². The highest BCUT2D eigenvalue weighted by atomic mass is 35.5. The van der Waals surface area contributed by atoms with Crippen LogP contribution >= 0.6 is 23.2 Å². The van der Waals surface area contributed by atoms with E-state index in [-0.39, 0.29) is 21.3 Å². The molecule has 0 saturated carbocycles. The molecule has 1 aliphatic rings. The van der Waals surface area contributed by atoms with Gasteiger partial charge < -0.3 is 5.32 Å². The molecule has 11 heteroatoms. The van der Waals surface area contributed by atoms with E-state index in [1.807, 2.05) is 5.43 Å². The molecule has 154 valence electrons. The Morgan fingerprint density at radius 1 is 1.17 bits per heavy atom. The average Bonchev–Trinajstić information content (AvgIpc) is 2.94. The first-order chi connectivity index (χ1) is 13.5. The Labute approximate surface area is 172 Å². The second-order valence-electron chi connectivity index (χ2n) is 6.41. The number of ketones is 1. The standard InChI is InChI=1S/C18H13Cl2F4N3O2/c1-27-8-15(28)17(26-27,18(22,23)24)16(29)25-14-5-3-10(21)7-11(14)9-2-4-12(19)13(20)6-9/h2-7,26H,8H2,1H3,(H,25,29). The molecule has 1 unspecified atom stereocenters. The molecule has 1 saturated heterocycles. The van der Waals surface area contributed by atoms with Crippen LogP contribution in [0.2, 0.25) is 10.0 Å². The SMILES string of the molecule is CN1CC(=O)C(C(=O)Nc2ccc(F)cc2-c2ccc(Cl)c(Cl)c2)(C(F)(F)F)N1. The van der Waals surface area contributed by atoms with Gasteiger partial charge in [0.15, 0.2) is 5.78 Å². The van der Waals surface area contributed by atoms with E-state index in [1.54, 1.807) is 0 Å². The number of carbonyl (C=O) groups excluding carboxylic acids is 2. The lowest BCUT2D eigenvalue weighted by molar-refractivity contribution is -0.197. The van der Waals surface area contributed by atoms with E-state index in [4.69, 9.17) is 23.2 Å². The van der Waals surface area contributed by atoms with Crippen molar-refractivity contribution in [3.05, 3.63) is 52.3 Å². The lowest BCUT2D eigenvalue weighted by Crippen LogP contribution is -2.66. The van der Waals surface area contributed by atoms with Gasteiger partial charge in [-0.2, -0.15) is 13.2 Å². The summed E-state index contributed by atoms with van der Waals surface area (Å²) in [6.07, 6.45) is -5.21. The number of hydrogen-bond acceptors (Lipinski definition) is 4. The predicted molar refractivity (Wildman–Crippen MR) is 100 cm³/mol. The Hall–Kier alpha value is -2.20. The Bertz CT molecular complexity index is 1000. The van der Waals surface area contributed by atoms with Gasteiger partial charge >= 0.3 is 6.18 Å². The number of benzene rings is 2. The minimum atomic E-state index is -5.21. The van der Waals surface area contributed by atoms with E-state index in [0.29, 0.717) is 5.56 Å². The maximum absolute atomic E-state index is 13.8. The van der Waals surface area contributed by atoms with Gasteiger partial charge in [0, 0.05) is 18.3 Å². The lowest BCUT2D eigenvalue weighted by Gasteiger charge is -2.29. The lowest BCUT2D eigenvalue weighted by atomic mass is 9.93. The fourth-order valence-corrected chi connectivity index (χ4v) is 3.29. The van der Waals surface area contributed by atoms with Crippen molar-refractivity contribution < 1.29 is 27.2 Å². The maximum Gasteiger partial charge on any atom is 0.424 e. The summed E-state index contributed by atoms with van der Waals surface area (Å²) < 4.78 is 54.9. The van der Waals surface area contributed by atoms with Gasteiger partial charge in [0.1, 0.15) is 5.82 Å². The summed E-state index contributed by atoms with van der Waals surface area (Å²) in [6.45, 7) is -0.615. The van der Waals surface area contributed by atoms with Gasteiger partial charge in [0.2, 0.25) is 0 Å². The third kappa shape index (κ3) is 3.83. The number of rotatable bonds is 3. The predicted octanol–water partition coefficient (Wildman–Crippen LogP) is 4.06. The highest BCUT2D eigenvalue weighted by Crippen LogP contribution is 2.38. The number of hydrogen-bond donors (Lipinski definition) is 2. The van der Waals surface area contributed by atoms with E-state index in [1.165, 1.54) is 25.2 Å². The van der Waals surface area contributed by atoms with E-state index in [0.717, 1.165) is 23.2 Å². The zero-order chi connectivity index (χ0) is 21.6. The minimum absolute atomic E-state index is 0.0630. The second kappa shape index (κ2) is 7.56. The van der Waals surface area contributed by atoms with Crippen LogP contribution in [-0.2, 0) is 9.59 Å². The van der Waals surface area contributed by atoms with Crippen LogP contribution in [0.1, 0.15) is 0 Å². The third-order valence-electron chi connectivity index (χ3n) is 4.38. The molecule has 2 aromatic carbocycles. The highest BCUT2D eigenvalue weighted by Gasteiger charge is 2.68. The number of halogens is 6. The van der Waals surface area contributed by atoms with Gasteiger partial charge in [-0.25, -0.2) is 14.8 Å². The molecule has 0 aromatic heterocycles. The van der Waals surface area contributed by atoms with Crippen LogP contribution < -0.4 is 10.7 Å². The van der Waals surface area contributed by atoms with Crippen molar-refractivity contribution in [2.75, 3.05) is 18.9 Å². The first-order valence-electron chi connectivity index (χ1n) is 8.11. The largest absolute Gasteiger partial charge is 0.424 e. The molecule has 0 radical (unpaired) electrons. The molecule has 1 heterocycles. The highest BCUT2D eigenvalue weighted by molar-refractivity contribution is 6.42. The fourth-order valence-electron chi connectivity index (χ4n) is 2.99. The smallest absolute Gasteiger partial charge is 0.323 e. The summed E-state index contributed by atoms with van der Waals surface area (Å²) in [5, 5.41) is 3.32. The summed E-state index contributed by atoms with van der Waals surface area (Å²) in [6, 6.07) is 7.34. The number of alkyl halides is 3. The Kier molecular flexibility index (Phi) is 5.61. The van der Waals surface area contributed by atoms with E-state index >= 15 is 0 Å². The van der Waals surface area contributed by atoms with Crippen molar-refractivity contribution in [2.45, 2.75) is 11.7 Å². The number of amides is 1. The van der Waals surface area contributed by atoms with Crippen molar-refractivity contribution in [1.29, 1.82) is 0 Å². The molecule has 3 rings (SSSR count). The van der Waals surface area contributed by atoms with Crippen molar-refractivity contribution in [2.24, 2.45) is 0 Å². The van der Waals surface area contributed by atoms with Gasteiger partial charge in [0.25, 0.3) is 11.4 Å². The van der Waals surface area contributed by atoms with Gasteiger partial charge in [0.05, 0.1) is 16.6 Å². The summed E-state index contributed by atoms with van der Waals surface area (Å²) in [5.74, 6) is -3.68. The fraction of sp³-hybridized carbons (Fsp3) is 0.222. The molecule has 1 fully saturated rings. The van der Waals surface area contributed by atoms with Crippen molar-refractivity contribution in [3.8, 4) is 11.1 Å². The molecule has 0 bridgehead atoms. The number of nitrogens with zero attached hydrogens (tertiary/aromatic N) is 1. The van der Waals surface area contributed by atoms with Gasteiger partial charge in [-0.3, -0.25) is 9.59 Å². The summed E-state index contributed by atoms with van der Waals surface area (Å²) in [4.78, 5) is 24.7. The normalized spacial score (nSPS) is 20.2. The maximum atomic E-state index is 13.8. The molecule has 0 aliphatic carbocycles. The molecular weight excluding hydrogens is 437 g/mol. The van der Waals surface area contributed by atoms with Crippen molar-refractivity contribution in [3.63, 3.8) is 0 Å². The number of carbonyl (C=O) groups is 2. The van der Waals surface area contributed by atoms with Crippen LogP contribution in [0.25, 0.3) is 11.1 Å². The van der Waals surface area contributed by atoms with Gasteiger partial charge in [-0.05, 0) is 35.9 Å². The first kappa shape index (κ1) is 21.5. The summed E-state index contributed by atoms with van der Waals surface area (Å²) >= 11 is 11.8. The zero-order valence-electron chi connectivity index (χ0n) is 14.7. The molecule has 5 nitrogen and oxygen atoms in total. The van der Waals surface area contributed by atoms with Gasteiger partial charge in [-0.1, -0.05) is 29.3 Å². The van der Waals surface area contributed by atoms with E-state index in [9.17, 15) is 27.2 Å². The average molecular weight is 450 g/mol. The molecular formula is C18H13Cl2F4N3O2. The second-order valence-corrected chi connectivity index (χ2v) is 7.23. The van der Waals surface area contributed by atoms with Crippen LogP contribution in [0, 0.1) is 5.82 Å². The van der Waals surface area contributed by atoms with E-state index in [2.05, 4.69) is 5.32 Å². The molecule has 1 amide bonds. The Morgan fingerprint density at radius 3 is 2.41 bits per heavy atom. The zero-order valence-corrected chi connectivity index (χ0v) is 16.2. The molecule has 29 heavy (non-hydrogen) atoms. The molecule has 0 spiro atoms. The number of hydrazine groups is 1. The number of anilines is 1. The van der Waals surface area contributed by atoms with E-state index < -0.39 is 35.8 Å². The van der Waals surface area contributed by atoms with Crippen LogP contribution in [0.15, 0.2) is 36.4 Å². The topological polar surface area (TPSA) is 61.4 Å². The van der Waals surface area contributed by atoms with Crippen LogP contribution in [-0.4, -0.2) is 42.0 Å². The van der Waals surface area contributed by atoms with Crippen LogP contribution in [0.3, 0.4) is 0 Å². The third-order valence-corrected chi connectivity index (χ3v) is 5.12. The molecule has 2 N–H and O–H groups in total. The molecule has 2 aromatic rings. The molecule has 1 aliphatic heterocycles. The number of likely N-dealkylation sites (N-methyl/N-ethyl adjacent to an activating group) is 1. The quantitative estimate of drug-likeness (QED) is 0.547. The van der Waals surface area contributed by atoms with Crippen molar-refractivity contribution >= 4 is 40.6 Å².